The van der Waals surface area contributed by atoms with Gasteiger partial charge in [0.2, 0.25) is 0 Å². The maximum atomic E-state index is 11.1. The standard InChI is InChI=1S/C11H20O2/c1-5-6-7-8-13-11(9(2)3)10(4)12/h5,9,11H,1,6-8H2,2-4H3/t11-/m0/s1. The van der Waals surface area contributed by atoms with Gasteiger partial charge in [-0.15, -0.1) is 6.58 Å². The summed E-state index contributed by atoms with van der Waals surface area (Å²) in [6, 6.07) is 0. The van der Waals surface area contributed by atoms with Crippen LogP contribution >= 0.6 is 0 Å². The van der Waals surface area contributed by atoms with E-state index in [1.165, 1.54) is 0 Å². The third-order valence-corrected chi connectivity index (χ3v) is 1.86. The summed E-state index contributed by atoms with van der Waals surface area (Å²) >= 11 is 0. The van der Waals surface area contributed by atoms with Gasteiger partial charge in [-0.1, -0.05) is 19.9 Å². The van der Waals surface area contributed by atoms with Gasteiger partial charge in [0.1, 0.15) is 6.10 Å². The molecule has 0 aromatic heterocycles. The Morgan fingerprint density at radius 3 is 2.54 bits per heavy atom. The molecule has 0 fully saturated rings. The monoisotopic (exact) mass is 184 g/mol. The summed E-state index contributed by atoms with van der Waals surface area (Å²) in [6.07, 6.45) is 3.52. The smallest absolute Gasteiger partial charge is 0.158 e. The van der Waals surface area contributed by atoms with E-state index in [-0.39, 0.29) is 17.8 Å². The van der Waals surface area contributed by atoms with E-state index in [0.29, 0.717) is 6.61 Å². The van der Waals surface area contributed by atoms with Gasteiger partial charge in [-0.25, -0.2) is 0 Å². The van der Waals surface area contributed by atoms with E-state index in [1.54, 1.807) is 6.92 Å². The quantitative estimate of drug-likeness (QED) is 0.449. The molecule has 0 saturated heterocycles. The van der Waals surface area contributed by atoms with Crippen molar-refractivity contribution >= 4 is 5.78 Å². The number of carbonyl (C=O) groups excluding carboxylic acids is 1. The van der Waals surface area contributed by atoms with E-state index < -0.39 is 0 Å². The Kier molecular flexibility index (Phi) is 6.51. The predicted octanol–water partition coefficient (Wildman–Crippen LogP) is 2.58. The lowest BCUT2D eigenvalue weighted by Crippen LogP contribution is -2.27. The number of Topliss-reactive ketones (excluding diaryl/α,β-unsaturated/α-hetero) is 1. The molecule has 1 atom stereocenters. The minimum atomic E-state index is -0.232. The molecule has 0 saturated carbocycles. The summed E-state index contributed by atoms with van der Waals surface area (Å²) in [4.78, 5) is 11.1. The number of ketones is 1. The Labute approximate surface area is 81.0 Å². The van der Waals surface area contributed by atoms with Gasteiger partial charge in [0.05, 0.1) is 0 Å². The van der Waals surface area contributed by atoms with Crippen LogP contribution in [0, 0.1) is 5.92 Å². The lowest BCUT2D eigenvalue weighted by atomic mass is 10.0. The third kappa shape index (κ3) is 5.58. The molecule has 0 aromatic carbocycles. The number of carbonyl (C=O) groups is 1. The fourth-order valence-corrected chi connectivity index (χ4v) is 1.22. The molecule has 13 heavy (non-hydrogen) atoms. The number of unbranched alkanes of at least 4 members (excludes halogenated alkanes) is 1. The molecule has 0 bridgehead atoms. The van der Waals surface area contributed by atoms with E-state index in [1.807, 2.05) is 19.9 Å². The molecule has 76 valence electrons. The lowest BCUT2D eigenvalue weighted by Gasteiger charge is -2.18. The Bertz CT molecular complexity index is 161. The lowest BCUT2D eigenvalue weighted by molar-refractivity contribution is -0.131. The average molecular weight is 184 g/mol. The maximum absolute atomic E-state index is 11.1. The molecule has 0 radical (unpaired) electrons. The Morgan fingerprint density at radius 2 is 2.15 bits per heavy atom. The second kappa shape index (κ2) is 6.84. The molecule has 0 aliphatic carbocycles. The van der Waals surface area contributed by atoms with E-state index in [4.69, 9.17) is 4.74 Å². The van der Waals surface area contributed by atoms with Crippen molar-refractivity contribution in [2.24, 2.45) is 5.92 Å². The molecular formula is C11H20O2. The zero-order valence-electron chi connectivity index (χ0n) is 8.88. The highest BCUT2D eigenvalue weighted by Crippen LogP contribution is 2.08. The summed E-state index contributed by atoms with van der Waals surface area (Å²) in [5, 5.41) is 0. The maximum Gasteiger partial charge on any atom is 0.158 e. The van der Waals surface area contributed by atoms with Crippen molar-refractivity contribution in [3.63, 3.8) is 0 Å². The van der Waals surface area contributed by atoms with Gasteiger partial charge in [0.15, 0.2) is 5.78 Å². The molecule has 0 spiro atoms. The molecule has 0 N–H and O–H groups in total. The van der Waals surface area contributed by atoms with Crippen LogP contribution in [0.4, 0.5) is 0 Å². The SMILES string of the molecule is C=CCCCO[C@H](C(C)=O)C(C)C. The summed E-state index contributed by atoms with van der Waals surface area (Å²) in [6.45, 7) is 9.85. The first kappa shape index (κ1) is 12.4. The van der Waals surface area contributed by atoms with Crippen LogP contribution in [0.3, 0.4) is 0 Å². The number of rotatable bonds is 7. The van der Waals surface area contributed by atoms with Gasteiger partial charge in [0, 0.05) is 6.61 Å². The van der Waals surface area contributed by atoms with Gasteiger partial charge in [-0.3, -0.25) is 4.79 Å². The molecule has 0 aromatic rings. The van der Waals surface area contributed by atoms with Crippen molar-refractivity contribution in [3.8, 4) is 0 Å². The van der Waals surface area contributed by atoms with E-state index in [9.17, 15) is 4.79 Å². The normalized spacial score (nSPS) is 12.9. The van der Waals surface area contributed by atoms with Crippen molar-refractivity contribution < 1.29 is 9.53 Å². The highest BCUT2D eigenvalue weighted by Gasteiger charge is 2.18. The highest BCUT2D eigenvalue weighted by atomic mass is 16.5. The van der Waals surface area contributed by atoms with Crippen molar-refractivity contribution in [3.05, 3.63) is 12.7 Å². The predicted molar refractivity (Wildman–Crippen MR) is 54.7 cm³/mol. The fraction of sp³-hybridized carbons (Fsp3) is 0.727. The highest BCUT2D eigenvalue weighted by molar-refractivity contribution is 5.80. The van der Waals surface area contributed by atoms with Crippen LogP contribution in [0.15, 0.2) is 12.7 Å². The van der Waals surface area contributed by atoms with Crippen LogP contribution < -0.4 is 0 Å². The number of hydrogen-bond donors (Lipinski definition) is 0. The van der Waals surface area contributed by atoms with Crippen molar-refractivity contribution in [1.82, 2.24) is 0 Å². The van der Waals surface area contributed by atoms with Crippen molar-refractivity contribution in [1.29, 1.82) is 0 Å². The van der Waals surface area contributed by atoms with Crippen LogP contribution in [0.25, 0.3) is 0 Å². The summed E-state index contributed by atoms with van der Waals surface area (Å²) in [5.74, 6) is 0.384. The van der Waals surface area contributed by atoms with Crippen LogP contribution in [-0.2, 0) is 9.53 Å². The Hall–Kier alpha value is -0.630. The second-order valence-electron chi connectivity index (χ2n) is 3.58. The van der Waals surface area contributed by atoms with Crippen molar-refractivity contribution in [2.45, 2.75) is 39.7 Å². The van der Waals surface area contributed by atoms with Gasteiger partial charge >= 0.3 is 0 Å². The first-order valence-corrected chi connectivity index (χ1v) is 4.82. The van der Waals surface area contributed by atoms with Gasteiger partial charge < -0.3 is 4.74 Å². The van der Waals surface area contributed by atoms with E-state index >= 15 is 0 Å². The molecule has 0 heterocycles. The second-order valence-corrected chi connectivity index (χ2v) is 3.58. The first-order chi connectivity index (χ1) is 6.09. The van der Waals surface area contributed by atoms with Gasteiger partial charge in [-0.2, -0.15) is 0 Å². The van der Waals surface area contributed by atoms with E-state index in [2.05, 4.69) is 6.58 Å². The topological polar surface area (TPSA) is 26.3 Å². The zero-order chi connectivity index (χ0) is 10.3. The summed E-state index contributed by atoms with van der Waals surface area (Å²) in [7, 11) is 0. The summed E-state index contributed by atoms with van der Waals surface area (Å²) < 4.78 is 5.47. The molecule has 0 aliphatic rings. The molecule has 0 amide bonds. The van der Waals surface area contributed by atoms with E-state index in [0.717, 1.165) is 12.8 Å². The molecule has 2 heteroatoms. The van der Waals surface area contributed by atoms with Gasteiger partial charge in [-0.05, 0) is 25.7 Å². The molecule has 0 aliphatic heterocycles. The number of allylic oxidation sites excluding steroid dienone is 1. The van der Waals surface area contributed by atoms with Crippen LogP contribution in [-0.4, -0.2) is 18.5 Å². The number of hydrogen-bond acceptors (Lipinski definition) is 2. The zero-order valence-corrected chi connectivity index (χ0v) is 8.88. The fourth-order valence-electron chi connectivity index (χ4n) is 1.22. The summed E-state index contributed by atoms with van der Waals surface area (Å²) in [5.41, 5.74) is 0. The Balaban J connectivity index is 3.70. The largest absolute Gasteiger partial charge is 0.370 e. The van der Waals surface area contributed by atoms with Crippen molar-refractivity contribution in [2.75, 3.05) is 6.61 Å². The van der Waals surface area contributed by atoms with Crippen LogP contribution in [0.2, 0.25) is 0 Å². The minimum Gasteiger partial charge on any atom is -0.370 e. The van der Waals surface area contributed by atoms with Gasteiger partial charge in [0.25, 0.3) is 0 Å². The minimum absolute atomic E-state index is 0.119. The van der Waals surface area contributed by atoms with Crippen LogP contribution in [0.5, 0.6) is 0 Å². The Morgan fingerprint density at radius 1 is 1.54 bits per heavy atom. The first-order valence-electron chi connectivity index (χ1n) is 4.82. The molecule has 2 nitrogen and oxygen atoms in total. The molecular weight excluding hydrogens is 164 g/mol. The molecule has 0 unspecified atom stereocenters. The number of ether oxygens (including phenoxy) is 1. The third-order valence-electron chi connectivity index (χ3n) is 1.86. The molecule has 0 rings (SSSR count). The van der Waals surface area contributed by atoms with Crippen LogP contribution in [0.1, 0.15) is 33.6 Å². The average Bonchev–Trinajstić information content (AvgIpc) is 2.02.